The standard InChI is InChI=1S/C13H30N2O/c1-5-8-9-15(11(4)6-2)13(10-16)12(14)7-3/h11-13,16H,5-10,14H2,1-4H3. The molecule has 98 valence electrons. The van der Waals surface area contributed by atoms with Crippen LogP contribution >= 0.6 is 0 Å². The Bertz CT molecular complexity index is 164. The molecule has 3 heteroatoms. The molecule has 16 heavy (non-hydrogen) atoms. The fraction of sp³-hybridized carbons (Fsp3) is 1.00. The third-order valence-electron chi connectivity index (χ3n) is 3.51. The van der Waals surface area contributed by atoms with Gasteiger partial charge >= 0.3 is 0 Å². The number of nitrogens with two attached hydrogens (primary N) is 1. The molecule has 0 aliphatic carbocycles. The summed E-state index contributed by atoms with van der Waals surface area (Å²) in [6.45, 7) is 9.91. The molecule has 3 nitrogen and oxygen atoms in total. The van der Waals surface area contributed by atoms with Crippen molar-refractivity contribution in [3.8, 4) is 0 Å². The average molecular weight is 230 g/mol. The number of nitrogens with zero attached hydrogens (tertiary/aromatic N) is 1. The molecular weight excluding hydrogens is 200 g/mol. The molecule has 0 aromatic heterocycles. The van der Waals surface area contributed by atoms with E-state index in [4.69, 9.17) is 5.73 Å². The van der Waals surface area contributed by atoms with Crippen molar-refractivity contribution in [3.05, 3.63) is 0 Å². The maximum absolute atomic E-state index is 9.52. The third-order valence-corrected chi connectivity index (χ3v) is 3.51. The summed E-state index contributed by atoms with van der Waals surface area (Å²) in [7, 11) is 0. The predicted octanol–water partition coefficient (Wildman–Crippen LogP) is 1.99. The van der Waals surface area contributed by atoms with Crippen LogP contribution in [0.4, 0.5) is 0 Å². The molecule has 3 N–H and O–H groups in total. The van der Waals surface area contributed by atoms with E-state index in [0.717, 1.165) is 19.4 Å². The summed E-state index contributed by atoms with van der Waals surface area (Å²) < 4.78 is 0. The summed E-state index contributed by atoms with van der Waals surface area (Å²) in [5.41, 5.74) is 6.09. The molecule has 0 bridgehead atoms. The van der Waals surface area contributed by atoms with Gasteiger partial charge in [-0.3, -0.25) is 4.90 Å². The Kier molecular flexibility index (Phi) is 8.90. The van der Waals surface area contributed by atoms with Crippen molar-refractivity contribution in [2.24, 2.45) is 5.73 Å². The summed E-state index contributed by atoms with van der Waals surface area (Å²) in [5, 5.41) is 9.52. The fourth-order valence-corrected chi connectivity index (χ4v) is 2.05. The van der Waals surface area contributed by atoms with Crippen LogP contribution in [0.15, 0.2) is 0 Å². The summed E-state index contributed by atoms with van der Waals surface area (Å²) in [4.78, 5) is 2.39. The first-order chi connectivity index (χ1) is 7.62. The molecule has 0 radical (unpaired) electrons. The maximum atomic E-state index is 9.52. The Labute approximate surface area is 101 Å². The topological polar surface area (TPSA) is 49.5 Å². The Hall–Kier alpha value is -0.120. The molecule has 0 fully saturated rings. The van der Waals surface area contributed by atoms with Gasteiger partial charge in [0.05, 0.1) is 6.61 Å². The van der Waals surface area contributed by atoms with E-state index in [-0.39, 0.29) is 18.7 Å². The van der Waals surface area contributed by atoms with Crippen molar-refractivity contribution in [3.63, 3.8) is 0 Å². The average Bonchev–Trinajstić information content (AvgIpc) is 2.32. The highest BCUT2D eigenvalue weighted by atomic mass is 16.3. The Morgan fingerprint density at radius 1 is 1.19 bits per heavy atom. The lowest BCUT2D eigenvalue weighted by molar-refractivity contribution is 0.0685. The van der Waals surface area contributed by atoms with Crippen LogP contribution in [0.25, 0.3) is 0 Å². The quantitative estimate of drug-likeness (QED) is 0.637. The van der Waals surface area contributed by atoms with Gasteiger partial charge in [0.25, 0.3) is 0 Å². The minimum Gasteiger partial charge on any atom is -0.395 e. The van der Waals surface area contributed by atoms with Crippen LogP contribution in [-0.4, -0.2) is 41.3 Å². The molecule has 0 aliphatic heterocycles. The minimum atomic E-state index is 0.0795. The molecule has 0 spiro atoms. The van der Waals surface area contributed by atoms with Gasteiger partial charge in [-0.2, -0.15) is 0 Å². The number of hydrogen-bond acceptors (Lipinski definition) is 3. The van der Waals surface area contributed by atoms with Gasteiger partial charge in [0.1, 0.15) is 0 Å². The van der Waals surface area contributed by atoms with Crippen molar-refractivity contribution < 1.29 is 5.11 Å². The highest BCUT2D eigenvalue weighted by Crippen LogP contribution is 2.14. The number of unbranched alkanes of at least 4 members (excludes halogenated alkanes) is 1. The second-order valence-corrected chi connectivity index (χ2v) is 4.67. The van der Waals surface area contributed by atoms with E-state index >= 15 is 0 Å². The van der Waals surface area contributed by atoms with E-state index in [2.05, 4.69) is 32.6 Å². The van der Waals surface area contributed by atoms with Gasteiger partial charge in [-0.1, -0.05) is 27.2 Å². The number of hydrogen-bond donors (Lipinski definition) is 2. The lowest BCUT2D eigenvalue weighted by Gasteiger charge is -2.38. The normalized spacial score (nSPS) is 17.4. The first-order valence-corrected chi connectivity index (χ1v) is 6.74. The molecule has 0 rings (SSSR count). The second-order valence-electron chi connectivity index (χ2n) is 4.67. The molecular formula is C13H30N2O. The molecule has 0 aliphatic rings. The van der Waals surface area contributed by atoms with Gasteiger partial charge in [-0.15, -0.1) is 0 Å². The molecule has 0 saturated carbocycles. The van der Waals surface area contributed by atoms with E-state index in [1.54, 1.807) is 0 Å². The first-order valence-electron chi connectivity index (χ1n) is 6.74. The molecule has 3 unspecified atom stereocenters. The summed E-state index contributed by atoms with van der Waals surface area (Å²) >= 11 is 0. The highest BCUT2D eigenvalue weighted by Gasteiger charge is 2.25. The van der Waals surface area contributed by atoms with Gasteiger partial charge in [0.15, 0.2) is 0 Å². The minimum absolute atomic E-state index is 0.0795. The fourth-order valence-electron chi connectivity index (χ4n) is 2.05. The Balaban J connectivity index is 4.54. The van der Waals surface area contributed by atoms with Gasteiger partial charge in [0.2, 0.25) is 0 Å². The maximum Gasteiger partial charge on any atom is 0.0602 e. The van der Waals surface area contributed by atoms with Gasteiger partial charge in [0, 0.05) is 18.1 Å². The van der Waals surface area contributed by atoms with Crippen LogP contribution in [0, 0.1) is 0 Å². The summed E-state index contributed by atoms with van der Waals surface area (Å²) in [6.07, 6.45) is 4.39. The zero-order valence-electron chi connectivity index (χ0n) is 11.4. The Morgan fingerprint density at radius 2 is 1.81 bits per heavy atom. The van der Waals surface area contributed by atoms with Crippen LogP contribution in [0.1, 0.15) is 53.4 Å². The van der Waals surface area contributed by atoms with Crippen molar-refractivity contribution in [2.75, 3.05) is 13.2 Å². The van der Waals surface area contributed by atoms with Gasteiger partial charge in [-0.05, 0) is 32.7 Å². The van der Waals surface area contributed by atoms with E-state index < -0.39 is 0 Å². The number of aliphatic hydroxyl groups is 1. The van der Waals surface area contributed by atoms with E-state index in [9.17, 15) is 5.11 Å². The first kappa shape index (κ1) is 15.9. The van der Waals surface area contributed by atoms with Crippen molar-refractivity contribution in [2.45, 2.75) is 71.5 Å². The molecule has 3 atom stereocenters. The van der Waals surface area contributed by atoms with Crippen LogP contribution in [0.2, 0.25) is 0 Å². The van der Waals surface area contributed by atoms with Crippen molar-refractivity contribution >= 4 is 0 Å². The van der Waals surface area contributed by atoms with Crippen LogP contribution in [0.3, 0.4) is 0 Å². The molecule has 0 aromatic rings. The third kappa shape index (κ3) is 4.81. The van der Waals surface area contributed by atoms with Crippen LogP contribution < -0.4 is 5.73 Å². The zero-order valence-corrected chi connectivity index (χ0v) is 11.4. The van der Waals surface area contributed by atoms with Crippen molar-refractivity contribution in [1.29, 1.82) is 0 Å². The predicted molar refractivity (Wildman–Crippen MR) is 70.5 cm³/mol. The van der Waals surface area contributed by atoms with E-state index in [1.807, 2.05) is 0 Å². The van der Waals surface area contributed by atoms with Crippen LogP contribution in [0.5, 0.6) is 0 Å². The summed E-state index contributed by atoms with van der Waals surface area (Å²) in [6, 6.07) is 0.698. The molecule has 0 amide bonds. The SMILES string of the molecule is CCCCN(C(C)CC)C(CO)C(N)CC. The van der Waals surface area contributed by atoms with E-state index in [1.165, 1.54) is 12.8 Å². The number of rotatable bonds is 9. The highest BCUT2D eigenvalue weighted by molar-refractivity contribution is 4.83. The zero-order chi connectivity index (χ0) is 12.6. The van der Waals surface area contributed by atoms with Gasteiger partial charge < -0.3 is 10.8 Å². The van der Waals surface area contributed by atoms with Crippen molar-refractivity contribution in [1.82, 2.24) is 4.90 Å². The molecule has 0 heterocycles. The monoisotopic (exact) mass is 230 g/mol. The Morgan fingerprint density at radius 3 is 2.19 bits per heavy atom. The smallest absolute Gasteiger partial charge is 0.0602 e. The summed E-state index contributed by atoms with van der Waals surface area (Å²) in [5.74, 6) is 0. The van der Waals surface area contributed by atoms with Gasteiger partial charge in [-0.25, -0.2) is 0 Å². The number of aliphatic hydroxyl groups excluding tert-OH is 1. The van der Waals surface area contributed by atoms with E-state index in [0.29, 0.717) is 6.04 Å². The lowest BCUT2D eigenvalue weighted by atomic mass is 10.0. The lowest BCUT2D eigenvalue weighted by Crippen LogP contribution is -2.53. The molecule has 0 saturated heterocycles. The van der Waals surface area contributed by atoms with Crippen LogP contribution in [-0.2, 0) is 0 Å². The second kappa shape index (κ2) is 8.97. The molecule has 0 aromatic carbocycles. The largest absolute Gasteiger partial charge is 0.395 e.